The Kier molecular flexibility index (Phi) is 3.10. The zero-order chi connectivity index (χ0) is 12.3. The van der Waals surface area contributed by atoms with Gasteiger partial charge in [-0.1, -0.05) is 42.5 Å². The first kappa shape index (κ1) is 11.2. The highest BCUT2D eigenvalue weighted by Gasteiger charge is 2.15. The minimum absolute atomic E-state index is 0.175. The molecule has 0 heterocycles. The van der Waals surface area contributed by atoms with Gasteiger partial charge in [0.2, 0.25) is 0 Å². The summed E-state index contributed by atoms with van der Waals surface area (Å²) >= 11 is 0. The average Bonchev–Trinajstić information content (AvgIpc) is 2.38. The molecule has 0 amide bonds. The van der Waals surface area contributed by atoms with Crippen molar-refractivity contribution in [2.75, 3.05) is 7.11 Å². The predicted molar refractivity (Wildman–Crippen MR) is 65.4 cm³/mol. The van der Waals surface area contributed by atoms with Gasteiger partial charge in [0.15, 0.2) is 0 Å². The number of hydrogen-bond acceptors (Lipinski definition) is 2. The van der Waals surface area contributed by atoms with Gasteiger partial charge in [0.1, 0.15) is 11.3 Å². The van der Waals surface area contributed by atoms with Crippen molar-refractivity contribution >= 4 is 5.97 Å². The topological polar surface area (TPSA) is 46.5 Å². The second-order valence-electron chi connectivity index (χ2n) is 3.56. The molecule has 2 aromatic rings. The third-order valence-electron chi connectivity index (χ3n) is 2.53. The lowest BCUT2D eigenvalue weighted by atomic mass is 10.0. The van der Waals surface area contributed by atoms with Crippen molar-refractivity contribution in [2.45, 2.75) is 0 Å². The Morgan fingerprint density at radius 2 is 1.76 bits per heavy atom. The van der Waals surface area contributed by atoms with E-state index < -0.39 is 5.97 Å². The van der Waals surface area contributed by atoms with Crippen molar-refractivity contribution < 1.29 is 14.6 Å². The van der Waals surface area contributed by atoms with Crippen LogP contribution in [0.4, 0.5) is 0 Å². The molecule has 0 bridgehead atoms. The molecule has 17 heavy (non-hydrogen) atoms. The summed E-state index contributed by atoms with van der Waals surface area (Å²) in [5.41, 5.74) is 1.90. The zero-order valence-electron chi connectivity index (χ0n) is 9.38. The lowest BCUT2D eigenvalue weighted by molar-refractivity contribution is 0.0693. The van der Waals surface area contributed by atoms with Crippen LogP contribution in [0.2, 0.25) is 0 Å². The van der Waals surface area contributed by atoms with E-state index >= 15 is 0 Å². The lowest BCUT2D eigenvalue weighted by Gasteiger charge is -2.11. The molecule has 0 spiro atoms. The summed E-state index contributed by atoms with van der Waals surface area (Å²) in [6, 6.07) is 14.7. The molecule has 0 unspecified atom stereocenters. The maximum Gasteiger partial charge on any atom is 0.339 e. The van der Waals surface area contributed by atoms with E-state index in [1.165, 1.54) is 13.2 Å². The zero-order valence-corrected chi connectivity index (χ0v) is 9.38. The third kappa shape index (κ3) is 2.13. The van der Waals surface area contributed by atoms with Gasteiger partial charge in [0.05, 0.1) is 7.11 Å². The van der Waals surface area contributed by atoms with Gasteiger partial charge in [-0.25, -0.2) is 4.79 Å². The number of benzene rings is 2. The molecule has 0 fully saturated rings. The van der Waals surface area contributed by atoms with Crippen LogP contribution in [-0.2, 0) is 0 Å². The highest BCUT2D eigenvalue weighted by atomic mass is 16.5. The van der Waals surface area contributed by atoms with Crippen molar-refractivity contribution in [3.05, 3.63) is 54.1 Å². The second kappa shape index (κ2) is 4.70. The molecule has 86 valence electrons. The van der Waals surface area contributed by atoms with E-state index in [0.717, 1.165) is 11.1 Å². The number of para-hydroxylation sites is 1. The Bertz CT molecular complexity index is 532. The molecule has 0 atom stereocenters. The monoisotopic (exact) mass is 228 g/mol. The van der Waals surface area contributed by atoms with Gasteiger partial charge in [-0.15, -0.1) is 0 Å². The molecule has 0 aliphatic rings. The number of carboxylic acids is 1. The average molecular weight is 228 g/mol. The molecule has 0 radical (unpaired) electrons. The van der Waals surface area contributed by atoms with Crippen LogP contribution in [-0.4, -0.2) is 18.2 Å². The van der Waals surface area contributed by atoms with E-state index in [4.69, 9.17) is 9.84 Å². The van der Waals surface area contributed by atoms with Gasteiger partial charge >= 0.3 is 5.97 Å². The minimum atomic E-state index is -0.986. The SMILES string of the molecule is COc1c(C(=O)O)cccc1-c1ccccc1. The van der Waals surface area contributed by atoms with Crippen LogP contribution in [0.5, 0.6) is 5.75 Å². The summed E-state index contributed by atoms with van der Waals surface area (Å²) in [6.45, 7) is 0. The van der Waals surface area contributed by atoms with Gasteiger partial charge in [-0.3, -0.25) is 0 Å². The molecular weight excluding hydrogens is 216 g/mol. The summed E-state index contributed by atoms with van der Waals surface area (Å²) < 4.78 is 5.21. The van der Waals surface area contributed by atoms with Crippen LogP contribution in [0.1, 0.15) is 10.4 Å². The third-order valence-corrected chi connectivity index (χ3v) is 2.53. The Morgan fingerprint density at radius 1 is 1.06 bits per heavy atom. The van der Waals surface area contributed by atoms with Crippen LogP contribution in [0.15, 0.2) is 48.5 Å². The molecular formula is C14H12O3. The van der Waals surface area contributed by atoms with Crippen LogP contribution in [0.3, 0.4) is 0 Å². The van der Waals surface area contributed by atoms with Gasteiger partial charge in [0, 0.05) is 5.56 Å². The van der Waals surface area contributed by atoms with E-state index in [1.807, 2.05) is 36.4 Å². The first-order valence-electron chi connectivity index (χ1n) is 5.19. The summed E-state index contributed by atoms with van der Waals surface area (Å²) in [7, 11) is 1.48. The quantitative estimate of drug-likeness (QED) is 0.878. The molecule has 3 nitrogen and oxygen atoms in total. The number of rotatable bonds is 3. The first-order valence-corrected chi connectivity index (χ1v) is 5.19. The molecule has 0 aromatic heterocycles. The molecule has 0 aliphatic heterocycles. The Balaban J connectivity index is 2.63. The highest BCUT2D eigenvalue weighted by molar-refractivity contribution is 5.94. The number of ether oxygens (including phenoxy) is 1. The maximum atomic E-state index is 11.1. The van der Waals surface area contributed by atoms with Gasteiger partial charge < -0.3 is 9.84 Å². The second-order valence-corrected chi connectivity index (χ2v) is 3.56. The Hall–Kier alpha value is -2.29. The van der Waals surface area contributed by atoms with Crippen molar-refractivity contribution in [1.29, 1.82) is 0 Å². The van der Waals surface area contributed by atoms with Crippen molar-refractivity contribution in [3.63, 3.8) is 0 Å². The first-order chi connectivity index (χ1) is 8.24. The standard InChI is InChI=1S/C14H12O3/c1-17-13-11(10-6-3-2-4-7-10)8-5-9-12(13)14(15)16/h2-9H,1H3,(H,15,16). The summed E-state index contributed by atoms with van der Waals surface area (Å²) in [5.74, 6) is -0.592. The normalized spacial score (nSPS) is 9.94. The van der Waals surface area contributed by atoms with E-state index in [2.05, 4.69) is 0 Å². The van der Waals surface area contributed by atoms with Crippen LogP contribution in [0, 0.1) is 0 Å². The van der Waals surface area contributed by atoms with E-state index in [-0.39, 0.29) is 5.56 Å². The molecule has 2 rings (SSSR count). The number of carbonyl (C=O) groups is 1. The smallest absolute Gasteiger partial charge is 0.339 e. The van der Waals surface area contributed by atoms with Crippen molar-refractivity contribution in [3.8, 4) is 16.9 Å². The fourth-order valence-corrected chi connectivity index (χ4v) is 1.77. The summed E-state index contributed by atoms with van der Waals surface area (Å²) in [5, 5.41) is 9.09. The summed E-state index contributed by atoms with van der Waals surface area (Å²) in [4.78, 5) is 11.1. The number of carboxylic acid groups (broad SMARTS) is 1. The summed E-state index contributed by atoms with van der Waals surface area (Å²) in [6.07, 6.45) is 0. The molecule has 0 saturated heterocycles. The number of aromatic carboxylic acids is 1. The van der Waals surface area contributed by atoms with E-state index in [1.54, 1.807) is 6.07 Å². The van der Waals surface area contributed by atoms with Gasteiger partial charge in [-0.2, -0.15) is 0 Å². The fourth-order valence-electron chi connectivity index (χ4n) is 1.77. The van der Waals surface area contributed by atoms with Crippen molar-refractivity contribution in [2.24, 2.45) is 0 Å². The molecule has 0 saturated carbocycles. The van der Waals surface area contributed by atoms with Crippen LogP contribution >= 0.6 is 0 Å². The maximum absolute atomic E-state index is 11.1. The van der Waals surface area contributed by atoms with Crippen LogP contribution < -0.4 is 4.74 Å². The minimum Gasteiger partial charge on any atom is -0.495 e. The highest BCUT2D eigenvalue weighted by Crippen LogP contribution is 2.32. The largest absolute Gasteiger partial charge is 0.495 e. The number of methoxy groups -OCH3 is 1. The van der Waals surface area contributed by atoms with Crippen molar-refractivity contribution in [1.82, 2.24) is 0 Å². The molecule has 2 aromatic carbocycles. The lowest BCUT2D eigenvalue weighted by Crippen LogP contribution is -2.01. The van der Waals surface area contributed by atoms with E-state index in [0.29, 0.717) is 5.75 Å². The fraction of sp³-hybridized carbons (Fsp3) is 0.0714. The Labute approximate surface area is 99.3 Å². The molecule has 0 aliphatic carbocycles. The molecule has 3 heteroatoms. The van der Waals surface area contributed by atoms with Gasteiger partial charge in [0.25, 0.3) is 0 Å². The molecule has 1 N–H and O–H groups in total. The Morgan fingerprint density at radius 3 is 2.35 bits per heavy atom. The van der Waals surface area contributed by atoms with Gasteiger partial charge in [-0.05, 0) is 11.6 Å². The van der Waals surface area contributed by atoms with Crippen LogP contribution in [0.25, 0.3) is 11.1 Å². The number of hydrogen-bond donors (Lipinski definition) is 1. The van der Waals surface area contributed by atoms with E-state index in [9.17, 15) is 4.79 Å². The predicted octanol–water partition coefficient (Wildman–Crippen LogP) is 3.06.